The smallest absolute Gasteiger partial charge is 0.412 e. The van der Waals surface area contributed by atoms with Crippen LogP contribution in [0.5, 0.6) is 0 Å². The molecule has 0 radical (unpaired) electrons. The fraction of sp³-hybridized carbons (Fsp3) is 0.278. The van der Waals surface area contributed by atoms with E-state index in [0.717, 1.165) is 16.8 Å². The fourth-order valence-electron chi connectivity index (χ4n) is 2.24. The zero-order valence-electron chi connectivity index (χ0n) is 14.9. The molecule has 2 rings (SSSR count). The normalized spacial score (nSPS) is 10.9. The zero-order chi connectivity index (χ0) is 18.6. The van der Waals surface area contributed by atoms with Crippen LogP contribution in [0.2, 0.25) is 0 Å². The third-order valence-electron chi connectivity index (χ3n) is 3.20. The number of carbonyl (C=O) groups is 1. The van der Waals surface area contributed by atoms with Crippen LogP contribution in [0.15, 0.2) is 36.4 Å². The third-order valence-corrected chi connectivity index (χ3v) is 3.20. The van der Waals surface area contributed by atoms with E-state index >= 15 is 0 Å². The van der Waals surface area contributed by atoms with Gasteiger partial charge >= 0.3 is 12.1 Å². The lowest BCUT2D eigenvalue weighted by atomic mass is 10.0. The van der Waals surface area contributed by atoms with Crippen LogP contribution in [0.3, 0.4) is 0 Å². The number of rotatable bonds is 3. The Kier molecular flexibility index (Phi) is 5.26. The minimum absolute atomic E-state index is 0.0946. The van der Waals surface area contributed by atoms with Gasteiger partial charge in [0, 0.05) is 17.3 Å². The summed E-state index contributed by atoms with van der Waals surface area (Å²) in [6.07, 6.45) is -0.482. The van der Waals surface area contributed by atoms with Crippen molar-refractivity contribution in [3.8, 4) is 11.1 Å². The molecule has 1 aromatic carbocycles. The summed E-state index contributed by atoms with van der Waals surface area (Å²) in [6.45, 7) is 7.36. The molecule has 7 nitrogen and oxygen atoms in total. The number of aromatic nitrogens is 1. The topological polar surface area (TPSA) is 117 Å². The number of hydrogen-bond donors (Lipinski definition) is 4. The molecule has 0 fully saturated rings. The highest BCUT2D eigenvalue weighted by molar-refractivity contribution is 5.85. The molecule has 1 amide bonds. The van der Waals surface area contributed by atoms with Crippen molar-refractivity contribution in [3.63, 3.8) is 0 Å². The number of hydrogen-bond acceptors (Lipinski definition) is 3. The van der Waals surface area contributed by atoms with Gasteiger partial charge in [0.25, 0.3) is 0 Å². The summed E-state index contributed by atoms with van der Waals surface area (Å²) in [6, 6.07) is 11.2. The number of ether oxygens (including phenoxy) is 1. The molecule has 0 spiro atoms. The van der Waals surface area contributed by atoms with E-state index in [4.69, 9.17) is 16.2 Å². The molecule has 25 heavy (non-hydrogen) atoms. The predicted molar refractivity (Wildman–Crippen MR) is 98.3 cm³/mol. The van der Waals surface area contributed by atoms with Crippen molar-refractivity contribution in [2.24, 2.45) is 11.5 Å². The lowest BCUT2D eigenvalue weighted by Crippen LogP contribution is -2.72. The van der Waals surface area contributed by atoms with Gasteiger partial charge in [0.05, 0.1) is 0 Å². The number of pyridine rings is 1. The fourth-order valence-corrected chi connectivity index (χ4v) is 2.24. The lowest BCUT2D eigenvalue weighted by Gasteiger charge is -2.19. The molecule has 132 valence electrons. The Morgan fingerprint density at radius 2 is 1.76 bits per heavy atom. The molecule has 1 heterocycles. The Hall–Kier alpha value is -3.09. The quantitative estimate of drug-likeness (QED) is 0.497. The van der Waals surface area contributed by atoms with E-state index in [-0.39, 0.29) is 5.96 Å². The SMILES string of the molecule is Cc1nc([NH+]=C(N)N)ccc1-c1ccc(NC(=O)OC(C)(C)C)cc1. The number of benzene rings is 1. The van der Waals surface area contributed by atoms with Crippen molar-refractivity contribution < 1.29 is 14.5 Å². The molecule has 0 aliphatic carbocycles. The van der Waals surface area contributed by atoms with Gasteiger partial charge in [-0.1, -0.05) is 12.1 Å². The molecule has 2 aromatic rings. The Morgan fingerprint density at radius 1 is 1.12 bits per heavy atom. The van der Waals surface area contributed by atoms with E-state index < -0.39 is 11.7 Å². The average Bonchev–Trinajstić information content (AvgIpc) is 2.46. The Balaban J connectivity index is 2.15. The summed E-state index contributed by atoms with van der Waals surface area (Å²) in [5, 5.41) is 2.71. The number of aryl methyl sites for hydroxylation is 1. The standard InChI is InChI=1S/C18H23N5O2/c1-11-14(9-10-15(21-11)23-16(19)20)12-5-7-13(8-6-12)22-17(24)25-18(2,3)4/h5-10H,1-4H3,(H,22,24)(H4,19,20,21,23)/p+1. The molecule has 0 saturated carbocycles. The summed E-state index contributed by atoms with van der Waals surface area (Å²) in [5.41, 5.74) is 13.8. The second kappa shape index (κ2) is 7.21. The summed E-state index contributed by atoms with van der Waals surface area (Å²) in [5.74, 6) is 0.682. The molecule has 0 saturated heterocycles. The van der Waals surface area contributed by atoms with Gasteiger partial charge in [0.15, 0.2) is 0 Å². The molecule has 0 bridgehead atoms. The van der Waals surface area contributed by atoms with Crippen molar-refractivity contribution in [3.05, 3.63) is 42.1 Å². The average molecular weight is 342 g/mol. The molecular formula is C18H24N5O2+. The lowest BCUT2D eigenvalue weighted by molar-refractivity contribution is -0.361. The van der Waals surface area contributed by atoms with E-state index in [0.29, 0.717) is 11.5 Å². The van der Waals surface area contributed by atoms with Crippen LogP contribution < -0.4 is 21.8 Å². The summed E-state index contributed by atoms with van der Waals surface area (Å²) in [4.78, 5) is 19.0. The van der Waals surface area contributed by atoms with E-state index in [9.17, 15) is 4.79 Å². The maximum atomic E-state index is 11.8. The van der Waals surface area contributed by atoms with Crippen molar-refractivity contribution in [2.75, 3.05) is 5.32 Å². The Morgan fingerprint density at radius 3 is 2.28 bits per heavy atom. The van der Waals surface area contributed by atoms with Crippen LogP contribution in [-0.2, 0) is 4.74 Å². The first-order valence-electron chi connectivity index (χ1n) is 7.87. The summed E-state index contributed by atoms with van der Waals surface area (Å²) < 4.78 is 5.23. The summed E-state index contributed by atoms with van der Waals surface area (Å²) >= 11 is 0. The number of anilines is 1. The molecule has 6 N–H and O–H groups in total. The van der Waals surface area contributed by atoms with Crippen LogP contribution in [0.4, 0.5) is 16.3 Å². The number of nitrogens with zero attached hydrogens (tertiary/aromatic N) is 1. The molecule has 1 aromatic heterocycles. The number of nitrogens with one attached hydrogen (secondary N) is 2. The van der Waals surface area contributed by atoms with Gasteiger partial charge in [-0.2, -0.15) is 0 Å². The maximum Gasteiger partial charge on any atom is 0.412 e. The second-order valence-corrected chi connectivity index (χ2v) is 6.61. The number of guanidine groups is 1. The number of nitrogens with two attached hydrogens (primary N) is 2. The highest BCUT2D eigenvalue weighted by Crippen LogP contribution is 2.24. The van der Waals surface area contributed by atoms with E-state index in [1.165, 1.54) is 0 Å². The van der Waals surface area contributed by atoms with Gasteiger partial charge in [-0.25, -0.2) is 9.79 Å². The highest BCUT2D eigenvalue weighted by atomic mass is 16.6. The molecule has 0 atom stereocenters. The van der Waals surface area contributed by atoms with E-state index in [1.807, 2.05) is 58.0 Å². The molecule has 0 unspecified atom stereocenters. The molecule has 7 heteroatoms. The minimum Gasteiger partial charge on any atom is -0.444 e. The van der Waals surface area contributed by atoms with Gasteiger partial charge in [0.1, 0.15) is 11.3 Å². The van der Waals surface area contributed by atoms with Gasteiger partial charge < -0.3 is 16.2 Å². The maximum absolute atomic E-state index is 11.8. The van der Waals surface area contributed by atoms with E-state index in [1.54, 1.807) is 6.07 Å². The second-order valence-electron chi connectivity index (χ2n) is 6.61. The highest BCUT2D eigenvalue weighted by Gasteiger charge is 2.16. The predicted octanol–water partition coefficient (Wildman–Crippen LogP) is 1.39. The van der Waals surface area contributed by atoms with Crippen LogP contribution in [0.25, 0.3) is 11.1 Å². The largest absolute Gasteiger partial charge is 0.444 e. The number of amides is 1. The van der Waals surface area contributed by atoms with Gasteiger partial charge in [-0.15, -0.1) is 4.98 Å². The summed E-state index contributed by atoms with van der Waals surface area (Å²) in [7, 11) is 0. The molecular weight excluding hydrogens is 318 g/mol. The van der Waals surface area contributed by atoms with Crippen molar-refractivity contribution in [1.82, 2.24) is 4.98 Å². The number of carbonyl (C=O) groups excluding carboxylic acids is 1. The van der Waals surface area contributed by atoms with Crippen LogP contribution in [-0.4, -0.2) is 22.6 Å². The van der Waals surface area contributed by atoms with Crippen LogP contribution >= 0.6 is 0 Å². The van der Waals surface area contributed by atoms with Crippen molar-refractivity contribution >= 4 is 23.6 Å². The Bertz CT molecular complexity index is 788. The Labute approximate surface area is 147 Å². The van der Waals surface area contributed by atoms with E-state index in [2.05, 4.69) is 15.3 Å². The van der Waals surface area contributed by atoms with Crippen molar-refractivity contribution in [2.45, 2.75) is 33.3 Å². The van der Waals surface area contributed by atoms with Gasteiger partial charge in [0.2, 0.25) is 5.82 Å². The minimum atomic E-state index is -0.535. The van der Waals surface area contributed by atoms with Crippen molar-refractivity contribution in [1.29, 1.82) is 0 Å². The van der Waals surface area contributed by atoms with Gasteiger partial charge in [-0.05, 0) is 51.5 Å². The molecule has 0 aliphatic heterocycles. The third kappa shape index (κ3) is 5.49. The monoisotopic (exact) mass is 342 g/mol. The van der Waals surface area contributed by atoms with Crippen LogP contribution in [0, 0.1) is 6.92 Å². The van der Waals surface area contributed by atoms with Gasteiger partial charge in [-0.3, -0.25) is 5.32 Å². The first kappa shape index (κ1) is 18.3. The van der Waals surface area contributed by atoms with Crippen LogP contribution in [0.1, 0.15) is 26.5 Å². The first-order chi connectivity index (χ1) is 11.6. The first-order valence-corrected chi connectivity index (χ1v) is 7.87. The molecule has 0 aliphatic rings. The zero-order valence-corrected chi connectivity index (χ0v) is 14.9.